The molecule has 0 rings (SSSR count). The van der Waals surface area contributed by atoms with E-state index in [9.17, 15) is 5.11 Å². The van der Waals surface area contributed by atoms with Crippen LogP contribution in [-0.2, 0) is 0 Å². The second-order valence-electron chi connectivity index (χ2n) is 5.03. The van der Waals surface area contributed by atoms with Gasteiger partial charge in [0.2, 0.25) is 0 Å². The Kier molecular flexibility index (Phi) is 9.38. The van der Waals surface area contributed by atoms with Crippen LogP contribution in [0.5, 0.6) is 0 Å². The Hall–Kier alpha value is 0.270. The lowest BCUT2D eigenvalue weighted by molar-refractivity contribution is 0.0881. The average molecular weight is 261 g/mol. The lowest BCUT2D eigenvalue weighted by atomic mass is 9.83. The van der Waals surface area contributed by atoms with E-state index in [1.165, 1.54) is 0 Å². The van der Waals surface area contributed by atoms with Crippen LogP contribution in [0.4, 0.5) is 0 Å². The van der Waals surface area contributed by atoms with E-state index >= 15 is 0 Å². The normalized spacial score (nSPS) is 12.7. The van der Waals surface area contributed by atoms with Crippen LogP contribution in [0.15, 0.2) is 0 Å². The van der Waals surface area contributed by atoms with Gasteiger partial charge in [-0.3, -0.25) is 4.90 Å². The van der Waals surface area contributed by atoms with E-state index in [4.69, 9.17) is 0 Å². The number of aliphatic hydroxyl groups excluding tert-OH is 1. The summed E-state index contributed by atoms with van der Waals surface area (Å²) in [5, 5.41) is 9.23. The van der Waals surface area contributed by atoms with Crippen LogP contribution >= 0.6 is 12.6 Å². The molecule has 0 aliphatic heterocycles. The third-order valence-corrected chi connectivity index (χ3v) is 4.89. The second kappa shape index (κ2) is 9.23. The molecule has 0 fully saturated rings. The fraction of sp³-hybridized carbons (Fsp3) is 1.00. The van der Waals surface area contributed by atoms with Crippen molar-refractivity contribution < 1.29 is 5.11 Å². The zero-order chi connectivity index (χ0) is 13.3. The van der Waals surface area contributed by atoms with Gasteiger partial charge in [0, 0.05) is 19.1 Å². The average Bonchev–Trinajstić information content (AvgIpc) is 2.37. The van der Waals surface area contributed by atoms with Gasteiger partial charge < -0.3 is 5.11 Å². The van der Waals surface area contributed by atoms with Crippen molar-refractivity contribution in [1.29, 1.82) is 0 Å². The highest BCUT2D eigenvalue weighted by atomic mass is 32.1. The molecule has 0 radical (unpaired) electrons. The number of hydrogen-bond donors (Lipinski definition) is 2. The van der Waals surface area contributed by atoms with E-state index < -0.39 is 0 Å². The first-order chi connectivity index (χ1) is 8.12. The second-order valence-corrected chi connectivity index (χ2v) is 5.35. The maximum atomic E-state index is 9.23. The van der Waals surface area contributed by atoms with Gasteiger partial charge in [0.1, 0.15) is 0 Å². The van der Waals surface area contributed by atoms with Gasteiger partial charge in [-0.15, -0.1) is 0 Å². The highest BCUT2D eigenvalue weighted by molar-refractivity contribution is 7.80. The van der Waals surface area contributed by atoms with Gasteiger partial charge in [0.25, 0.3) is 0 Å². The summed E-state index contributed by atoms with van der Waals surface area (Å²) in [5.41, 5.74) is 0.306. The van der Waals surface area contributed by atoms with Gasteiger partial charge in [0.15, 0.2) is 0 Å². The lowest BCUT2D eigenvalue weighted by Crippen LogP contribution is -2.45. The number of nitrogens with zero attached hydrogens (tertiary/aromatic N) is 1. The molecule has 0 aromatic heterocycles. The van der Waals surface area contributed by atoms with Crippen molar-refractivity contribution in [3.8, 4) is 0 Å². The zero-order valence-electron chi connectivity index (χ0n) is 12.1. The molecule has 0 saturated carbocycles. The zero-order valence-corrected chi connectivity index (χ0v) is 13.0. The molecule has 0 unspecified atom stereocenters. The predicted octanol–water partition coefficient (Wildman–Crippen LogP) is 3.21. The molecule has 0 aromatic rings. The Morgan fingerprint density at radius 3 is 1.94 bits per heavy atom. The number of thiol groups is 1. The van der Waals surface area contributed by atoms with E-state index in [2.05, 4.69) is 45.2 Å². The molecule has 0 aromatic carbocycles. The summed E-state index contributed by atoms with van der Waals surface area (Å²) in [5.74, 6) is 0.933. The van der Waals surface area contributed by atoms with Gasteiger partial charge in [-0.2, -0.15) is 12.6 Å². The van der Waals surface area contributed by atoms with Crippen LogP contribution in [-0.4, -0.2) is 41.5 Å². The summed E-state index contributed by atoms with van der Waals surface area (Å²) < 4.78 is 0. The summed E-state index contributed by atoms with van der Waals surface area (Å²) in [6.45, 7) is 11.1. The van der Waals surface area contributed by atoms with Crippen LogP contribution in [0.2, 0.25) is 0 Å². The Morgan fingerprint density at radius 1 is 1.12 bits per heavy atom. The minimum Gasteiger partial charge on any atom is -0.395 e. The van der Waals surface area contributed by atoms with Gasteiger partial charge in [0.05, 0.1) is 6.61 Å². The van der Waals surface area contributed by atoms with E-state index in [-0.39, 0.29) is 6.61 Å². The maximum absolute atomic E-state index is 9.23. The Labute approximate surface area is 113 Å². The molecule has 0 spiro atoms. The Balaban J connectivity index is 4.70. The molecule has 1 N–H and O–H groups in total. The van der Waals surface area contributed by atoms with Gasteiger partial charge in [-0.1, -0.05) is 27.7 Å². The van der Waals surface area contributed by atoms with E-state index in [0.29, 0.717) is 11.5 Å². The predicted molar refractivity (Wildman–Crippen MR) is 79.9 cm³/mol. The van der Waals surface area contributed by atoms with E-state index in [0.717, 1.165) is 44.5 Å². The number of hydrogen-bond acceptors (Lipinski definition) is 3. The molecule has 0 heterocycles. The van der Waals surface area contributed by atoms with Crippen molar-refractivity contribution in [3.05, 3.63) is 0 Å². The first kappa shape index (κ1) is 17.3. The van der Waals surface area contributed by atoms with Crippen molar-refractivity contribution >= 4 is 12.6 Å². The fourth-order valence-corrected chi connectivity index (χ4v) is 3.05. The van der Waals surface area contributed by atoms with Crippen LogP contribution in [0.3, 0.4) is 0 Å². The van der Waals surface area contributed by atoms with E-state index in [1.54, 1.807) is 0 Å². The van der Waals surface area contributed by atoms with Gasteiger partial charge in [-0.25, -0.2) is 0 Å². The highest BCUT2D eigenvalue weighted by Crippen LogP contribution is 2.30. The first-order valence-electron chi connectivity index (χ1n) is 7.08. The Morgan fingerprint density at radius 2 is 1.65 bits per heavy atom. The molecule has 0 aliphatic rings. The van der Waals surface area contributed by atoms with Crippen LogP contribution in [0, 0.1) is 5.41 Å². The summed E-state index contributed by atoms with van der Waals surface area (Å²) >= 11 is 4.54. The summed E-state index contributed by atoms with van der Waals surface area (Å²) in [7, 11) is 0. The summed E-state index contributed by atoms with van der Waals surface area (Å²) in [6.07, 6.45) is 4.64. The van der Waals surface area contributed by atoms with Crippen molar-refractivity contribution in [1.82, 2.24) is 4.90 Å². The SMILES string of the molecule is CCC(CC)N(CCO)CC(CC)(CC)CS. The Bertz CT molecular complexity index is 171. The third kappa shape index (κ3) is 5.19. The molecule has 0 saturated heterocycles. The molecular weight excluding hydrogens is 230 g/mol. The quantitative estimate of drug-likeness (QED) is 0.590. The molecule has 17 heavy (non-hydrogen) atoms. The number of aliphatic hydroxyl groups is 1. The molecule has 0 bridgehead atoms. The molecule has 2 nitrogen and oxygen atoms in total. The standard InChI is InChI=1S/C14H31NOS/c1-5-13(6-2)15(9-10-16)11-14(7-3,8-4)12-17/h13,16-17H,5-12H2,1-4H3. The monoisotopic (exact) mass is 261 g/mol. The minimum atomic E-state index is 0.257. The molecule has 104 valence electrons. The molecule has 0 aliphatic carbocycles. The van der Waals surface area contributed by atoms with Crippen LogP contribution < -0.4 is 0 Å². The maximum Gasteiger partial charge on any atom is 0.0558 e. The smallest absolute Gasteiger partial charge is 0.0558 e. The van der Waals surface area contributed by atoms with Crippen molar-refractivity contribution in [2.75, 3.05) is 25.4 Å². The van der Waals surface area contributed by atoms with Crippen molar-refractivity contribution in [2.45, 2.75) is 59.4 Å². The first-order valence-corrected chi connectivity index (χ1v) is 7.71. The highest BCUT2D eigenvalue weighted by Gasteiger charge is 2.29. The van der Waals surface area contributed by atoms with Crippen LogP contribution in [0.1, 0.15) is 53.4 Å². The van der Waals surface area contributed by atoms with Crippen molar-refractivity contribution in [2.24, 2.45) is 5.41 Å². The lowest BCUT2D eigenvalue weighted by Gasteiger charge is -2.39. The van der Waals surface area contributed by atoms with Gasteiger partial charge in [-0.05, 0) is 36.9 Å². The van der Waals surface area contributed by atoms with Crippen molar-refractivity contribution in [3.63, 3.8) is 0 Å². The third-order valence-electron chi connectivity index (χ3n) is 4.22. The molecular formula is C14H31NOS. The molecule has 0 atom stereocenters. The fourth-order valence-electron chi connectivity index (χ4n) is 2.50. The summed E-state index contributed by atoms with van der Waals surface area (Å²) in [6, 6.07) is 0.597. The van der Waals surface area contributed by atoms with Crippen LogP contribution in [0.25, 0.3) is 0 Å². The minimum absolute atomic E-state index is 0.257. The summed E-state index contributed by atoms with van der Waals surface area (Å²) in [4.78, 5) is 2.46. The largest absolute Gasteiger partial charge is 0.395 e. The van der Waals surface area contributed by atoms with E-state index in [1.807, 2.05) is 0 Å². The topological polar surface area (TPSA) is 23.5 Å². The molecule has 3 heteroatoms. The molecule has 0 amide bonds. The van der Waals surface area contributed by atoms with Gasteiger partial charge >= 0.3 is 0 Å². The number of rotatable bonds is 10.